The first-order valence-corrected chi connectivity index (χ1v) is 12.1. The maximum Gasteiger partial charge on any atom is 0.118 e. The zero-order valence-electron chi connectivity index (χ0n) is 15.7. The molecule has 3 heteroatoms. The summed E-state index contributed by atoms with van der Waals surface area (Å²) in [6.07, 6.45) is 4.69. The van der Waals surface area contributed by atoms with Crippen LogP contribution in [0, 0.1) is 5.92 Å². The van der Waals surface area contributed by atoms with Crippen LogP contribution in [0.2, 0.25) is 18.1 Å². The second kappa shape index (κ2) is 6.98. The minimum Gasteiger partial charge on any atom is -0.497 e. The van der Waals surface area contributed by atoms with Crippen LogP contribution in [0.4, 0.5) is 0 Å². The lowest BCUT2D eigenvalue weighted by Gasteiger charge is -2.40. The van der Waals surface area contributed by atoms with E-state index in [4.69, 9.17) is 4.74 Å². The normalized spacial score (nSPS) is 22.7. The van der Waals surface area contributed by atoms with Crippen LogP contribution in [0.25, 0.3) is 0 Å². The second-order valence-corrected chi connectivity index (χ2v) is 14.4. The third kappa shape index (κ3) is 4.39. The molecule has 2 rings (SSSR count). The van der Waals surface area contributed by atoms with Crippen LogP contribution in [0.5, 0.6) is 5.75 Å². The molecule has 3 unspecified atom stereocenters. The van der Waals surface area contributed by atoms with E-state index >= 15 is 0 Å². The third-order valence-electron chi connectivity index (χ3n) is 6.29. The van der Waals surface area contributed by atoms with Gasteiger partial charge in [-0.1, -0.05) is 52.4 Å². The minimum absolute atomic E-state index is 0.0827. The molecule has 1 aliphatic rings. The van der Waals surface area contributed by atoms with Crippen molar-refractivity contribution in [2.24, 2.45) is 5.92 Å². The predicted octanol–water partition coefficient (Wildman–Crippen LogP) is 5.38. The molecule has 0 spiro atoms. The predicted molar refractivity (Wildman–Crippen MR) is 101 cm³/mol. The van der Waals surface area contributed by atoms with E-state index in [1.54, 1.807) is 7.11 Å². The fourth-order valence-electron chi connectivity index (χ4n) is 3.26. The van der Waals surface area contributed by atoms with E-state index in [0.717, 1.165) is 30.4 Å². The van der Waals surface area contributed by atoms with Crippen molar-refractivity contribution in [3.63, 3.8) is 0 Å². The molecule has 0 saturated heterocycles. The number of hydrogen-bond donors (Lipinski definition) is 1. The maximum atomic E-state index is 10.6. The van der Waals surface area contributed by atoms with Gasteiger partial charge in [-0.3, -0.25) is 0 Å². The quantitative estimate of drug-likeness (QED) is 0.679. The maximum absolute atomic E-state index is 10.6. The van der Waals surface area contributed by atoms with Crippen molar-refractivity contribution in [3.05, 3.63) is 29.8 Å². The molecule has 2 nitrogen and oxygen atoms in total. The smallest absolute Gasteiger partial charge is 0.118 e. The molecule has 0 aromatic heterocycles. The summed E-state index contributed by atoms with van der Waals surface area (Å²) in [6, 6.07) is 8.53. The first-order chi connectivity index (χ1) is 10.7. The molecular formula is C20H34O2Si. The number of ether oxygens (including phenoxy) is 1. The topological polar surface area (TPSA) is 29.5 Å². The summed E-state index contributed by atoms with van der Waals surface area (Å²) in [4.78, 5) is 0. The number of hydrogen-bond acceptors (Lipinski definition) is 2. The summed E-state index contributed by atoms with van der Waals surface area (Å²) in [7, 11) is 0.101. The Labute approximate surface area is 143 Å². The molecule has 1 aromatic rings. The van der Waals surface area contributed by atoms with Crippen LogP contribution < -0.4 is 4.74 Å². The standard InChI is InChI=1S/C20H34O2Si/c1-20(2,3)23(5,6)19(21)9-7-8-16-14-18(16)15-10-12-17(22-4)13-11-15/h10-13,16,18-19,21H,7-9,14H2,1-6H3. The zero-order valence-corrected chi connectivity index (χ0v) is 16.7. The third-order valence-corrected chi connectivity index (χ3v) is 12.1. The van der Waals surface area contributed by atoms with E-state index in [9.17, 15) is 5.11 Å². The van der Waals surface area contributed by atoms with E-state index in [0.29, 0.717) is 0 Å². The van der Waals surface area contributed by atoms with E-state index in [1.807, 2.05) is 0 Å². The van der Waals surface area contributed by atoms with Crippen molar-refractivity contribution in [3.8, 4) is 5.75 Å². The molecule has 0 heterocycles. The van der Waals surface area contributed by atoms with Crippen LogP contribution in [0.3, 0.4) is 0 Å². The number of aliphatic hydroxyl groups excluding tert-OH is 1. The monoisotopic (exact) mass is 334 g/mol. The molecule has 1 aliphatic carbocycles. The Morgan fingerprint density at radius 2 is 1.83 bits per heavy atom. The molecule has 0 aliphatic heterocycles. The average Bonchev–Trinajstić information content (AvgIpc) is 3.25. The number of methoxy groups -OCH3 is 1. The largest absolute Gasteiger partial charge is 0.497 e. The van der Waals surface area contributed by atoms with Gasteiger partial charge in [0.05, 0.1) is 15.2 Å². The highest BCUT2D eigenvalue weighted by atomic mass is 28.3. The molecule has 23 heavy (non-hydrogen) atoms. The molecular weight excluding hydrogens is 300 g/mol. The van der Waals surface area contributed by atoms with Gasteiger partial charge in [0.2, 0.25) is 0 Å². The van der Waals surface area contributed by atoms with Crippen molar-refractivity contribution in [2.75, 3.05) is 7.11 Å². The van der Waals surface area contributed by atoms with E-state index in [1.165, 1.54) is 18.4 Å². The summed E-state index contributed by atoms with van der Waals surface area (Å²) < 4.78 is 5.22. The minimum atomic E-state index is -1.61. The number of aliphatic hydroxyl groups is 1. The van der Waals surface area contributed by atoms with Crippen molar-refractivity contribution in [1.29, 1.82) is 0 Å². The Morgan fingerprint density at radius 3 is 2.35 bits per heavy atom. The van der Waals surface area contributed by atoms with Crippen LogP contribution in [-0.2, 0) is 0 Å². The zero-order chi connectivity index (χ0) is 17.3. The molecule has 1 N–H and O–H groups in total. The lowest BCUT2D eigenvalue weighted by molar-refractivity contribution is 0.221. The lowest BCUT2D eigenvalue weighted by Crippen LogP contribution is -2.49. The highest BCUT2D eigenvalue weighted by Crippen LogP contribution is 2.50. The molecule has 0 radical (unpaired) electrons. The van der Waals surface area contributed by atoms with E-state index in [-0.39, 0.29) is 10.8 Å². The molecule has 0 bridgehead atoms. The van der Waals surface area contributed by atoms with Crippen LogP contribution in [-0.4, -0.2) is 26.0 Å². The van der Waals surface area contributed by atoms with Gasteiger partial charge in [-0.15, -0.1) is 0 Å². The van der Waals surface area contributed by atoms with Crippen molar-refractivity contribution in [2.45, 2.75) is 76.2 Å². The number of rotatable bonds is 7. The molecule has 3 atom stereocenters. The average molecular weight is 335 g/mol. The fraction of sp³-hybridized carbons (Fsp3) is 0.700. The second-order valence-electron chi connectivity index (χ2n) is 8.79. The molecule has 1 fully saturated rings. The Bertz CT molecular complexity index is 501. The van der Waals surface area contributed by atoms with Crippen molar-refractivity contribution < 1.29 is 9.84 Å². The molecule has 1 saturated carbocycles. The van der Waals surface area contributed by atoms with Gasteiger partial charge in [-0.2, -0.15) is 0 Å². The summed E-state index contributed by atoms with van der Waals surface area (Å²) in [6.45, 7) is 11.5. The lowest BCUT2D eigenvalue weighted by atomic mass is 10.1. The number of benzene rings is 1. The van der Waals surface area contributed by atoms with E-state index < -0.39 is 8.07 Å². The summed E-state index contributed by atoms with van der Waals surface area (Å²) in [5.41, 5.74) is 1.36. The first-order valence-electron chi connectivity index (χ1n) is 8.99. The van der Waals surface area contributed by atoms with Crippen LogP contribution in [0.15, 0.2) is 24.3 Å². The highest BCUT2D eigenvalue weighted by Gasteiger charge is 2.42. The van der Waals surface area contributed by atoms with E-state index in [2.05, 4.69) is 58.1 Å². The SMILES string of the molecule is COc1ccc(C2CC2CCCC(O)[Si](C)(C)C(C)(C)C)cc1. The van der Waals surface area contributed by atoms with Gasteiger partial charge in [0.15, 0.2) is 0 Å². The molecule has 0 amide bonds. The first kappa shape index (κ1) is 18.5. The Balaban J connectivity index is 1.76. The Kier molecular flexibility index (Phi) is 5.62. The highest BCUT2D eigenvalue weighted by molar-refractivity contribution is 6.81. The van der Waals surface area contributed by atoms with Gasteiger partial charge in [0.1, 0.15) is 5.75 Å². The van der Waals surface area contributed by atoms with Gasteiger partial charge >= 0.3 is 0 Å². The summed E-state index contributed by atoms with van der Waals surface area (Å²) in [5, 5.41) is 10.9. The van der Waals surface area contributed by atoms with Crippen molar-refractivity contribution >= 4 is 8.07 Å². The van der Waals surface area contributed by atoms with Gasteiger partial charge in [0, 0.05) is 5.73 Å². The Hall–Kier alpha value is -0.803. The van der Waals surface area contributed by atoms with Gasteiger partial charge in [-0.05, 0) is 53.8 Å². The van der Waals surface area contributed by atoms with Gasteiger partial charge < -0.3 is 9.84 Å². The summed E-state index contributed by atoms with van der Waals surface area (Å²) in [5.74, 6) is 2.48. The van der Waals surface area contributed by atoms with Gasteiger partial charge in [0.25, 0.3) is 0 Å². The van der Waals surface area contributed by atoms with Crippen LogP contribution in [0.1, 0.15) is 57.9 Å². The van der Waals surface area contributed by atoms with Gasteiger partial charge in [-0.25, -0.2) is 0 Å². The van der Waals surface area contributed by atoms with Crippen LogP contribution >= 0.6 is 0 Å². The van der Waals surface area contributed by atoms with Crippen molar-refractivity contribution in [1.82, 2.24) is 0 Å². The molecule has 1 aromatic carbocycles. The fourth-order valence-corrected chi connectivity index (χ4v) is 5.19. The molecule has 130 valence electrons. The summed E-state index contributed by atoms with van der Waals surface area (Å²) >= 11 is 0. The Morgan fingerprint density at radius 1 is 1.22 bits per heavy atom.